The van der Waals surface area contributed by atoms with Gasteiger partial charge in [0.15, 0.2) is 6.61 Å². The number of aromatic amines is 1. The highest BCUT2D eigenvalue weighted by molar-refractivity contribution is 7.12. The van der Waals surface area contributed by atoms with Crippen molar-refractivity contribution in [3.05, 3.63) is 67.3 Å². The van der Waals surface area contributed by atoms with E-state index < -0.39 is 24.3 Å². The van der Waals surface area contributed by atoms with Crippen LogP contribution in [-0.4, -0.2) is 35.9 Å². The number of hydrogen-bond donors (Lipinski definition) is 1. The second-order valence-corrected chi connectivity index (χ2v) is 8.32. The minimum Gasteiger partial charge on any atom is -0.462 e. The third-order valence-corrected chi connectivity index (χ3v) is 6.09. The number of carbonyl (C=O) groups is 3. The Balaban J connectivity index is 1.76. The van der Waals surface area contributed by atoms with Gasteiger partial charge in [0.25, 0.3) is 0 Å². The first-order chi connectivity index (χ1) is 14.4. The second kappa shape index (κ2) is 9.69. The van der Waals surface area contributed by atoms with Crippen molar-refractivity contribution in [1.82, 2.24) is 4.98 Å². The molecule has 0 saturated heterocycles. The van der Waals surface area contributed by atoms with Crippen LogP contribution in [0.5, 0.6) is 0 Å². The van der Waals surface area contributed by atoms with Gasteiger partial charge in [0.05, 0.1) is 23.4 Å². The lowest BCUT2D eigenvalue weighted by atomic mass is 10.1. The maximum Gasteiger partial charge on any atom is 0.340 e. The predicted octanol–water partition coefficient (Wildman–Crippen LogP) is 4.90. The van der Waals surface area contributed by atoms with E-state index >= 15 is 0 Å². The molecule has 6 nitrogen and oxygen atoms in total. The molecule has 0 radical (unpaired) electrons. The molecule has 0 atom stereocenters. The molecule has 0 unspecified atom stereocenters. The lowest BCUT2D eigenvalue weighted by molar-refractivity contribution is -0.135. The van der Waals surface area contributed by atoms with Gasteiger partial charge < -0.3 is 14.5 Å². The molecule has 156 valence electrons. The molecule has 3 aromatic heterocycles. The van der Waals surface area contributed by atoms with Crippen LogP contribution in [0.2, 0.25) is 0 Å². The van der Waals surface area contributed by atoms with Crippen molar-refractivity contribution >= 4 is 52.0 Å². The fourth-order valence-corrected chi connectivity index (χ4v) is 4.38. The summed E-state index contributed by atoms with van der Waals surface area (Å²) >= 11 is 2.93. The van der Waals surface area contributed by atoms with E-state index in [2.05, 4.69) is 4.98 Å². The Kier molecular flexibility index (Phi) is 7.02. The molecule has 0 spiro atoms. The van der Waals surface area contributed by atoms with Crippen LogP contribution in [0.15, 0.2) is 35.0 Å². The van der Waals surface area contributed by atoms with Crippen molar-refractivity contribution in [3.63, 3.8) is 0 Å². The summed E-state index contributed by atoms with van der Waals surface area (Å²) in [5, 5.41) is 3.79. The molecule has 0 aliphatic heterocycles. The average Bonchev–Trinajstić information content (AvgIpc) is 3.46. The van der Waals surface area contributed by atoms with Crippen molar-refractivity contribution in [2.75, 3.05) is 13.2 Å². The number of ether oxygens (including phenoxy) is 2. The molecular formula is C22H21NO5S2. The zero-order valence-electron chi connectivity index (χ0n) is 16.8. The van der Waals surface area contributed by atoms with Crippen LogP contribution in [-0.2, 0) is 14.3 Å². The predicted molar refractivity (Wildman–Crippen MR) is 118 cm³/mol. The molecule has 0 aliphatic carbocycles. The van der Waals surface area contributed by atoms with Crippen molar-refractivity contribution < 1.29 is 23.9 Å². The first-order valence-electron chi connectivity index (χ1n) is 9.28. The summed E-state index contributed by atoms with van der Waals surface area (Å²) in [6.45, 7) is 4.88. The number of aryl methyl sites for hydroxylation is 1. The summed E-state index contributed by atoms with van der Waals surface area (Å²) in [5.41, 5.74) is 2.00. The normalized spacial score (nSPS) is 11.4. The zero-order valence-corrected chi connectivity index (χ0v) is 18.4. The molecule has 0 fully saturated rings. The quantitative estimate of drug-likeness (QED) is 0.304. The van der Waals surface area contributed by atoms with Crippen LogP contribution in [0.1, 0.15) is 48.8 Å². The van der Waals surface area contributed by atoms with Gasteiger partial charge in [-0.15, -0.1) is 22.7 Å². The minimum absolute atomic E-state index is 0.239. The van der Waals surface area contributed by atoms with E-state index in [0.29, 0.717) is 22.4 Å². The molecule has 30 heavy (non-hydrogen) atoms. The van der Waals surface area contributed by atoms with E-state index in [1.807, 2.05) is 35.0 Å². The number of thiophene rings is 2. The Morgan fingerprint density at radius 1 is 1.07 bits per heavy atom. The molecule has 1 N–H and O–H groups in total. The SMILES string of the molecule is CCOC(=O)c1c(C)[nH]c(C(=O)COC(=O)/C(=C/c2cccs2)c2cccs2)c1C. The number of H-pyrrole nitrogens is 1. The number of aromatic nitrogens is 1. The standard InChI is InChI=1S/C22H21NO5S2/c1-4-27-22(26)19-13(2)20(23-14(19)3)17(24)12-28-21(25)16(18-8-6-10-30-18)11-15-7-5-9-29-15/h5-11,23H,4,12H2,1-3H3/b16-11+. The van der Waals surface area contributed by atoms with E-state index in [0.717, 1.165) is 9.75 Å². The van der Waals surface area contributed by atoms with Crippen molar-refractivity contribution in [1.29, 1.82) is 0 Å². The number of Topliss-reactive ketones (excluding diaryl/α,β-unsaturated/α-hetero) is 1. The highest BCUT2D eigenvalue weighted by Crippen LogP contribution is 2.26. The van der Waals surface area contributed by atoms with E-state index in [1.165, 1.54) is 22.7 Å². The first kappa shape index (κ1) is 21.7. The second-order valence-electron chi connectivity index (χ2n) is 6.40. The number of hydrogen-bond acceptors (Lipinski definition) is 7. The molecule has 3 aromatic rings. The fraction of sp³-hybridized carbons (Fsp3) is 0.227. The van der Waals surface area contributed by atoms with Crippen LogP contribution in [0.4, 0.5) is 0 Å². The summed E-state index contributed by atoms with van der Waals surface area (Å²) in [5.74, 6) is -1.48. The van der Waals surface area contributed by atoms with Gasteiger partial charge in [0.1, 0.15) is 0 Å². The lowest BCUT2D eigenvalue weighted by Gasteiger charge is -2.07. The van der Waals surface area contributed by atoms with Gasteiger partial charge in [0, 0.05) is 15.4 Å². The summed E-state index contributed by atoms with van der Waals surface area (Å²) in [6, 6.07) is 7.48. The van der Waals surface area contributed by atoms with Crippen molar-refractivity contribution in [3.8, 4) is 0 Å². The highest BCUT2D eigenvalue weighted by Gasteiger charge is 2.24. The Bertz CT molecular complexity index is 1080. The maximum atomic E-state index is 12.7. The number of ketones is 1. The molecule has 0 aromatic carbocycles. The molecule has 3 heterocycles. The van der Waals surface area contributed by atoms with Crippen LogP contribution in [0.25, 0.3) is 11.6 Å². The molecule has 0 saturated carbocycles. The van der Waals surface area contributed by atoms with Gasteiger partial charge in [-0.1, -0.05) is 12.1 Å². The summed E-state index contributed by atoms with van der Waals surface area (Å²) in [6.07, 6.45) is 1.76. The van der Waals surface area contributed by atoms with E-state index in [4.69, 9.17) is 9.47 Å². The Morgan fingerprint density at radius 3 is 2.43 bits per heavy atom. The van der Waals surface area contributed by atoms with Gasteiger partial charge in [-0.05, 0) is 55.3 Å². The number of carbonyl (C=O) groups excluding carboxylic acids is 3. The number of rotatable bonds is 8. The zero-order chi connectivity index (χ0) is 21.7. The van der Waals surface area contributed by atoms with Gasteiger partial charge >= 0.3 is 11.9 Å². The number of esters is 2. The fourth-order valence-electron chi connectivity index (χ4n) is 3.00. The Labute approximate surface area is 182 Å². The van der Waals surface area contributed by atoms with Gasteiger partial charge in [-0.3, -0.25) is 4.79 Å². The van der Waals surface area contributed by atoms with Crippen LogP contribution in [0.3, 0.4) is 0 Å². The molecule has 0 amide bonds. The molecule has 3 rings (SSSR count). The first-order valence-corrected chi connectivity index (χ1v) is 11.0. The van der Waals surface area contributed by atoms with Gasteiger partial charge in [0.2, 0.25) is 5.78 Å². The molecular weight excluding hydrogens is 422 g/mol. The summed E-state index contributed by atoms with van der Waals surface area (Å²) in [7, 11) is 0. The Hall–Kier alpha value is -2.97. The van der Waals surface area contributed by atoms with Crippen molar-refractivity contribution in [2.45, 2.75) is 20.8 Å². The highest BCUT2D eigenvalue weighted by atomic mass is 32.1. The van der Waals surface area contributed by atoms with Crippen molar-refractivity contribution in [2.24, 2.45) is 0 Å². The largest absolute Gasteiger partial charge is 0.462 e. The molecule has 0 bridgehead atoms. The van der Waals surface area contributed by atoms with E-state index in [9.17, 15) is 14.4 Å². The average molecular weight is 444 g/mol. The van der Waals surface area contributed by atoms with Crippen LogP contribution >= 0.6 is 22.7 Å². The smallest absolute Gasteiger partial charge is 0.340 e. The van der Waals surface area contributed by atoms with Crippen LogP contribution in [0, 0.1) is 13.8 Å². The Morgan fingerprint density at radius 2 is 1.80 bits per heavy atom. The topological polar surface area (TPSA) is 85.5 Å². The van der Waals surface area contributed by atoms with E-state index in [1.54, 1.807) is 26.8 Å². The van der Waals surface area contributed by atoms with Gasteiger partial charge in [-0.2, -0.15) is 0 Å². The monoisotopic (exact) mass is 443 g/mol. The molecule has 0 aliphatic rings. The minimum atomic E-state index is -0.578. The van der Waals surface area contributed by atoms with Gasteiger partial charge in [-0.25, -0.2) is 9.59 Å². The van der Waals surface area contributed by atoms with E-state index in [-0.39, 0.29) is 12.3 Å². The third kappa shape index (κ3) is 4.77. The third-order valence-electron chi connectivity index (χ3n) is 4.37. The summed E-state index contributed by atoms with van der Waals surface area (Å²) < 4.78 is 10.4. The summed E-state index contributed by atoms with van der Waals surface area (Å²) in [4.78, 5) is 42.1. The lowest BCUT2D eigenvalue weighted by Crippen LogP contribution is -2.16. The molecule has 8 heteroatoms. The number of nitrogens with one attached hydrogen (secondary N) is 1. The van der Waals surface area contributed by atoms with Crippen LogP contribution < -0.4 is 0 Å². The maximum absolute atomic E-state index is 12.7.